The number of nitrogens with zero attached hydrogens (tertiary/aromatic N) is 4. The Balaban J connectivity index is 2.44. The molecule has 0 saturated carbocycles. The molecule has 0 unspecified atom stereocenters. The van der Waals surface area contributed by atoms with E-state index in [-0.39, 0.29) is 0 Å². The molecule has 0 bridgehead atoms. The van der Waals surface area contributed by atoms with Gasteiger partial charge in [0.1, 0.15) is 5.82 Å². The van der Waals surface area contributed by atoms with Gasteiger partial charge in [0, 0.05) is 33.0 Å². The van der Waals surface area contributed by atoms with Crippen molar-refractivity contribution in [2.24, 2.45) is 0 Å². The van der Waals surface area contributed by atoms with Crippen LogP contribution in [0.25, 0.3) is 5.65 Å². The highest BCUT2D eigenvalue weighted by Crippen LogP contribution is 2.18. The maximum atomic E-state index is 4.54. The quantitative estimate of drug-likeness (QED) is 0.848. The first-order chi connectivity index (χ1) is 7.72. The zero-order chi connectivity index (χ0) is 11.5. The lowest BCUT2D eigenvalue weighted by molar-refractivity contribution is 0.953. The number of hydrogen-bond acceptors (Lipinski definition) is 4. The van der Waals surface area contributed by atoms with Crippen LogP contribution in [0, 0.1) is 0 Å². The average molecular weight is 219 g/mol. The fraction of sp³-hybridized carbons (Fsp3) is 0.455. The Morgan fingerprint density at radius 3 is 2.94 bits per heavy atom. The maximum absolute atomic E-state index is 4.54. The molecule has 86 valence electrons. The topological polar surface area (TPSA) is 45.5 Å². The Morgan fingerprint density at radius 2 is 2.25 bits per heavy atom. The molecule has 0 amide bonds. The number of aromatic nitrogens is 3. The number of rotatable bonds is 4. The molecule has 0 radical (unpaired) electrons. The molecule has 2 aromatic heterocycles. The zero-order valence-electron chi connectivity index (χ0n) is 9.94. The third-order valence-electron chi connectivity index (χ3n) is 2.34. The molecule has 0 atom stereocenters. The molecule has 16 heavy (non-hydrogen) atoms. The van der Waals surface area contributed by atoms with E-state index in [0.717, 1.165) is 30.2 Å². The van der Waals surface area contributed by atoms with Crippen LogP contribution in [-0.4, -0.2) is 35.0 Å². The van der Waals surface area contributed by atoms with Crippen LogP contribution in [0.1, 0.15) is 13.3 Å². The summed E-state index contributed by atoms with van der Waals surface area (Å²) < 4.78 is 1.99. The molecule has 2 aromatic rings. The highest BCUT2D eigenvalue weighted by Gasteiger charge is 2.08. The number of anilines is 2. The normalized spacial score (nSPS) is 10.7. The summed E-state index contributed by atoms with van der Waals surface area (Å²) in [5, 5.41) is 3.29. The van der Waals surface area contributed by atoms with Crippen LogP contribution in [0.15, 0.2) is 18.6 Å². The Kier molecular flexibility index (Phi) is 2.94. The van der Waals surface area contributed by atoms with Crippen molar-refractivity contribution >= 4 is 17.3 Å². The molecule has 0 aromatic carbocycles. The molecule has 2 rings (SSSR count). The summed E-state index contributed by atoms with van der Waals surface area (Å²) in [6, 6.07) is 0. The van der Waals surface area contributed by atoms with Gasteiger partial charge in [0.15, 0.2) is 11.5 Å². The van der Waals surface area contributed by atoms with E-state index in [1.165, 1.54) is 0 Å². The molecule has 0 aliphatic heterocycles. The minimum atomic E-state index is 0.881. The second-order valence-corrected chi connectivity index (χ2v) is 3.93. The predicted molar refractivity (Wildman–Crippen MR) is 66.1 cm³/mol. The van der Waals surface area contributed by atoms with Crippen molar-refractivity contribution < 1.29 is 0 Å². The van der Waals surface area contributed by atoms with Crippen molar-refractivity contribution in [1.82, 2.24) is 14.4 Å². The van der Waals surface area contributed by atoms with E-state index >= 15 is 0 Å². The molecule has 1 N–H and O–H groups in total. The second-order valence-electron chi connectivity index (χ2n) is 3.93. The maximum Gasteiger partial charge on any atom is 0.180 e. The fourth-order valence-corrected chi connectivity index (χ4v) is 1.55. The van der Waals surface area contributed by atoms with E-state index in [9.17, 15) is 0 Å². The zero-order valence-corrected chi connectivity index (χ0v) is 9.94. The molecule has 0 fully saturated rings. The molecule has 0 spiro atoms. The number of nitrogens with one attached hydrogen (secondary N) is 1. The van der Waals surface area contributed by atoms with Crippen molar-refractivity contribution in [2.45, 2.75) is 13.3 Å². The molecule has 0 aliphatic rings. The van der Waals surface area contributed by atoms with E-state index in [0.29, 0.717) is 0 Å². The smallest absolute Gasteiger partial charge is 0.180 e. The van der Waals surface area contributed by atoms with Crippen LogP contribution in [0.5, 0.6) is 0 Å². The van der Waals surface area contributed by atoms with Gasteiger partial charge >= 0.3 is 0 Å². The summed E-state index contributed by atoms with van der Waals surface area (Å²) in [4.78, 5) is 10.8. The summed E-state index contributed by atoms with van der Waals surface area (Å²) >= 11 is 0. The van der Waals surface area contributed by atoms with Gasteiger partial charge < -0.3 is 14.6 Å². The molecule has 5 heteroatoms. The monoisotopic (exact) mass is 219 g/mol. The standard InChI is InChI=1S/C11H17N5/c1-4-5-12-9-8-16-7-6-13-10(16)11(14-9)15(2)3/h6-8,12H,4-5H2,1-3H3. The summed E-state index contributed by atoms with van der Waals surface area (Å²) in [6.45, 7) is 3.07. The van der Waals surface area contributed by atoms with Gasteiger partial charge in [-0.25, -0.2) is 9.97 Å². The number of imidazole rings is 1. The Morgan fingerprint density at radius 1 is 1.44 bits per heavy atom. The van der Waals surface area contributed by atoms with Crippen molar-refractivity contribution in [2.75, 3.05) is 30.9 Å². The first kappa shape index (κ1) is 10.7. The minimum Gasteiger partial charge on any atom is -0.369 e. The number of hydrogen-bond donors (Lipinski definition) is 1. The lowest BCUT2D eigenvalue weighted by Gasteiger charge is -2.14. The van der Waals surface area contributed by atoms with E-state index in [4.69, 9.17) is 0 Å². The van der Waals surface area contributed by atoms with Gasteiger partial charge in [0.05, 0.1) is 6.20 Å². The molecule has 0 saturated heterocycles. The Hall–Kier alpha value is -1.78. The largest absolute Gasteiger partial charge is 0.369 e. The van der Waals surface area contributed by atoms with Gasteiger partial charge in [-0.2, -0.15) is 0 Å². The Labute approximate surface area is 95.1 Å². The van der Waals surface area contributed by atoms with Crippen LogP contribution in [-0.2, 0) is 0 Å². The van der Waals surface area contributed by atoms with Gasteiger partial charge in [0.25, 0.3) is 0 Å². The van der Waals surface area contributed by atoms with E-state index in [2.05, 4.69) is 22.2 Å². The molecular weight excluding hydrogens is 202 g/mol. The highest BCUT2D eigenvalue weighted by atomic mass is 15.2. The first-order valence-electron chi connectivity index (χ1n) is 5.47. The third-order valence-corrected chi connectivity index (χ3v) is 2.34. The average Bonchev–Trinajstić information content (AvgIpc) is 2.72. The lowest BCUT2D eigenvalue weighted by atomic mass is 10.4. The molecule has 0 aliphatic carbocycles. The van der Waals surface area contributed by atoms with Gasteiger partial charge in [-0.15, -0.1) is 0 Å². The van der Waals surface area contributed by atoms with E-state index < -0.39 is 0 Å². The van der Waals surface area contributed by atoms with Crippen molar-refractivity contribution in [1.29, 1.82) is 0 Å². The van der Waals surface area contributed by atoms with Gasteiger partial charge in [-0.1, -0.05) is 6.92 Å². The van der Waals surface area contributed by atoms with Gasteiger partial charge in [0.2, 0.25) is 0 Å². The minimum absolute atomic E-state index is 0.881. The second kappa shape index (κ2) is 4.38. The van der Waals surface area contributed by atoms with Crippen LogP contribution in [0.3, 0.4) is 0 Å². The lowest BCUT2D eigenvalue weighted by Crippen LogP contribution is -2.14. The van der Waals surface area contributed by atoms with Crippen molar-refractivity contribution in [3.05, 3.63) is 18.6 Å². The summed E-state index contributed by atoms with van der Waals surface area (Å²) in [7, 11) is 3.95. The SMILES string of the molecule is CCCNc1cn2ccnc2c(N(C)C)n1. The van der Waals surface area contributed by atoms with Crippen LogP contribution >= 0.6 is 0 Å². The van der Waals surface area contributed by atoms with Crippen LogP contribution in [0.2, 0.25) is 0 Å². The fourth-order valence-electron chi connectivity index (χ4n) is 1.55. The highest BCUT2D eigenvalue weighted by molar-refractivity contribution is 5.66. The summed E-state index contributed by atoms with van der Waals surface area (Å²) in [6.07, 6.45) is 6.76. The van der Waals surface area contributed by atoms with E-state index in [1.54, 1.807) is 6.20 Å². The van der Waals surface area contributed by atoms with Crippen molar-refractivity contribution in [3.8, 4) is 0 Å². The summed E-state index contributed by atoms with van der Waals surface area (Å²) in [5.74, 6) is 1.77. The van der Waals surface area contributed by atoms with Crippen LogP contribution < -0.4 is 10.2 Å². The van der Waals surface area contributed by atoms with Gasteiger partial charge in [-0.05, 0) is 6.42 Å². The van der Waals surface area contributed by atoms with E-state index in [1.807, 2.05) is 35.8 Å². The predicted octanol–water partition coefficient (Wildman–Crippen LogP) is 1.62. The first-order valence-corrected chi connectivity index (χ1v) is 5.47. The van der Waals surface area contributed by atoms with Crippen molar-refractivity contribution in [3.63, 3.8) is 0 Å². The molecule has 2 heterocycles. The summed E-state index contributed by atoms with van der Waals surface area (Å²) in [5.41, 5.74) is 0.882. The molecule has 5 nitrogen and oxygen atoms in total. The molecular formula is C11H17N5. The van der Waals surface area contributed by atoms with Crippen LogP contribution in [0.4, 0.5) is 11.6 Å². The Bertz CT molecular complexity index is 474. The number of fused-ring (bicyclic) bond motifs is 1. The third kappa shape index (κ3) is 1.93. The van der Waals surface area contributed by atoms with Gasteiger partial charge in [-0.3, -0.25) is 0 Å².